The molecular formula is C16H21N3O2. The predicted octanol–water partition coefficient (Wildman–Crippen LogP) is 2.86. The standard InChI is InChI=1S/C16H21N3O2/c1-3-9-17-15-8-4-7-14(19-15)16(20)18-12(2)11-13-6-5-10-21-13/h4-8,10,12H,3,9,11H2,1-2H3,(H,17,19)(H,18,20). The number of anilines is 1. The van der Waals surface area contributed by atoms with E-state index in [1.54, 1.807) is 12.3 Å². The number of furan rings is 1. The van der Waals surface area contributed by atoms with Crippen LogP contribution in [0, 0.1) is 0 Å². The third-order valence-electron chi connectivity index (χ3n) is 3.00. The van der Waals surface area contributed by atoms with Crippen molar-refractivity contribution in [1.29, 1.82) is 0 Å². The van der Waals surface area contributed by atoms with Crippen LogP contribution in [0.4, 0.5) is 5.82 Å². The van der Waals surface area contributed by atoms with Crippen molar-refractivity contribution in [3.63, 3.8) is 0 Å². The smallest absolute Gasteiger partial charge is 0.270 e. The number of pyridine rings is 1. The fraction of sp³-hybridized carbons (Fsp3) is 0.375. The molecule has 0 saturated carbocycles. The Morgan fingerprint density at radius 3 is 2.90 bits per heavy atom. The van der Waals surface area contributed by atoms with Gasteiger partial charge in [0, 0.05) is 19.0 Å². The highest BCUT2D eigenvalue weighted by atomic mass is 16.3. The van der Waals surface area contributed by atoms with E-state index in [1.165, 1.54) is 0 Å². The van der Waals surface area contributed by atoms with E-state index >= 15 is 0 Å². The molecule has 0 spiro atoms. The van der Waals surface area contributed by atoms with Crippen LogP contribution < -0.4 is 10.6 Å². The summed E-state index contributed by atoms with van der Waals surface area (Å²) in [5.41, 5.74) is 0.419. The number of carbonyl (C=O) groups excluding carboxylic acids is 1. The molecule has 2 rings (SSSR count). The van der Waals surface area contributed by atoms with Crippen LogP contribution in [0.2, 0.25) is 0 Å². The normalized spacial score (nSPS) is 11.9. The Kier molecular flexibility index (Phi) is 5.37. The molecule has 0 bridgehead atoms. The molecular weight excluding hydrogens is 266 g/mol. The molecule has 0 aliphatic rings. The Balaban J connectivity index is 1.93. The van der Waals surface area contributed by atoms with Gasteiger partial charge in [-0.2, -0.15) is 0 Å². The molecule has 5 heteroatoms. The Hall–Kier alpha value is -2.30. The van der Waals surface area contributed by atoms with Crippen molar-refractivity contribution < 1.29 is 9.21 Å². The Morgan fingerprint density at radius 1 is 1.33 bits per heavy atom. The van der Waals surface area contributed by atoms with Crippen LogP contribution in [0.5, 0.6) is 0 Å². The first-order valence-electron chi connectivity index (χ1n) is 7.23. The molecule has 5 nitrogen and oxygen atoms in total. The van der Waals surface area contributed by atoms with Crippen LogP contribution in [0.1, 0.15) is 36.5 Å². The summed E-state index contributed by atoms with van der Waals surface area (Å²) in [6, 6.07) is 9.13. The molecule has 0 saturated heterocycles. The zero-order chi connectivity index (χ0) is 15.1. The third kappa shape index (κ3) is 4.63. The molecule has 2 aromatic rings. The summed E-state index contributed by atoms with van der Waals surface area (Å²) in [6.07, 6.45) is 3.30. The summed E-state index contributed by atoms with van der Waals surface area (Å²) in [5.74, 6) is 1.41. The van der Waals surface area contributed by atoms with Gasteiger partial charge in [-0.15, -0.1) is 0 Å². The minimum Gasteiger partial charge on any atom is -0.469 e. The highest BCUT2D eigenvalue weighted by Crippen LogP contribution is 2.07. The largest absolute Gasteiger partial charge is 0.469 e. The summed E-state index contributed by atoms with van der Waals surface area (Å²) in [7, 11) is 0. The molecule has 0 aromatic carbocycles. The minimum absolute atomic E-state index is 0.0160. The van der Waals surface area contributed by atoms with Gasteiger partial charge in [-0.25, -0.2) is 4.98 Å². The van der Waals surface area contributed by atoms with Gasteiger partial charge in [0.25, 0.3) is 5.91 Å². The zero-order valence-corrected chi connectivity index (χ0v) is 12.4. The van der Waals surface area contributed by atoms with Crippen molar-refractivity contribution in [3.05, 3.63) is 48.0 Å². The number of nitrogens with zero attached hydrogens (tertiary/aromatic N) is 1. The maximum Gasteiger partial charge on any atom is 0.270 e. The number of hydrogen-bond acceptors (Lipinski definition) is 4. The molecule has 1 atom stereocenters. The van der Waals surface area contributed by atoms with E-state index in [1.807, 2.05) is 31.2 Å². The Bertz CT molecular complexity index is 567. The summed E-state index contributed by atoms with van der Waals surface area (Å²) < 4.78 is 5.28. The van der Waals surface area contributed by atoms with E-state index in [0.29, 0.717) is 12.1 Å². The van der Waals surface area contributed by atoms with Crippen molar-refractivity contribution in [1.82, 2.24) is 10.3 Å². The second-order valence-corrected chi connectivity index (χ2v) is 4.99. The molecule has 0 fully saturated rings. The molecule has 0 radical (unpaired) electrons. The van der Waals surface area contributed by atoms with E-state index in [-0.39, 0.29) is 11.9 Å². The lowest BCUT2D eigenvalue weighted by atomic mass is 10.2. The molecule has 1 amide bonds. The van der Waals surface area contributed by atoms with E-state index in [2.05, 4.69) is 22.5 Å². The van der Waals surface area contributed by atoms with Crippen molar-refractivity contribution in [2.45, 2.75) is 32.7 Å². The first kappa shape index (κ1) is 15.1. The maximum absolute atomic E-state index is 12.2. The fourth-order valence-corrected chi connectivity index (χ4v) is 1.99. The van der Waals surface area contributed by atoms with Gasteiger partial charge < -0.3 is 15.1 Å². The average Bonchev–Trinajstić information content (AvgIpc) is 2.98. The van der Waals surface area contributed by atoms with Gasteiger partial charge in [-0.05, 0) is 37.6 Å². The summed E-state index contributed by atoms with van der Waals surface area (Å²) >= 11 is 0. The Labute approximate surface area is 124 Å². The van der Waals surface area contributed by atoms with Crippen LogP contribution >= 0.6 is 0 Å². The van der Waals surface area contributed by atoms with Gasteiger partial charge in [0.15, 0.2) is 0 Å². The quantitative estimate of drug-likeness (QED) is 0.821. The number of hydrogen-bond donors (Lipinski definition) is 2. The molecule has 2 aromatic heterocycles. The number of carbonyl (C=O) groups is 1. The van der Waals surface area contributed by atoms with Gasteiger partial charge >= 0.3 is 0 Å². The van der Waals surface area contributed by atoms with Gasteiger partial charge in [0.2, 0.25) is 0 Å². The van der Waals surface area contributed by atoms with Gasteiger partial charge in [-0.3, -0.25) is 4.79 Å². The molecule has 0 aliphatic heterocycles. The molecule has 2 N–H and O–H groups in total. The average molecular weight is 287 g/mol. The van der Waals surface area contributed by atoms with Crippen molar-refractivity contribution in [2.24, 2.45) is 0 Å². The predicted molar refractivity (Wildman–Crippen MR) is 82.4 cm³/mol. The number of amides is 1. The van der Waals surface area contributed by atoms with Crippen LogP contribution in [-0.4, -0.2) is 23.5 Å². The minimum atomic E-state index is -0.172. The van der Waals surface area contributed by atoms with Crippen LogP contribution in [-0.2, 0) is 6.42 Å². The fourth-order valence-electron chi connectivity index (χ4n) is 1.99. The van der Waals surface area contributed by atoms with Gasteiger partial charge in [-0.1, -0.05) is 13.0 Å². The van der Waals surface area contributed by atoms with Crippen LogP contribution in [0.25, 0.3) is 0 Å². The first-order chi connectivity index (χ1) is 10.2. The van der Waals surface area contributed by atoms with Crippen LogP contribution in [0.15, 0.2) is 41.0 Å². The van der Waals surface area contributed by atoms with E-state index in [0.717, 1.165) is 24.5 Å². The van der Waals surface area contributed by atoms with Crippen LogP contribution in [0.3, 0.4) is 0 Å². The van der Waals surface area contributed by atoms with E-state index in [4.69, 9.17) is 4.42 Å². The number of nitrogens with one attached hydrogen (secondary N) is 2. The lowest BCUT2D eigenvalue weighted by molar-refractivity contribution is 0.0934. The van der Waals surface area contributed by atoms with E-state index < -0.39 is 0 Å². The highest BCUT2D eigenvalue weighted by molar-refractivity contribution is 5.92. The topological polar surface area (TPSA) is 67.2 Å². The molecule has 1 unspecified atom stereocenters. The first-order valence-corrected chi connectivity index (χ1v) is 7.23. The monoisotopic (exact) mass is 287 g/mol. The molecule has 0 aliphatic carbocycles. The summed E-state index contributed by atoms with van der Waals surface area (Å²) in [6.45, 7) is 4.87. The second-order valence-electron chi connectivity index (χ2n) is 4.99. The summed E-state index contributed by atoms with van der Waals surface area (Å²) in [4.78, 5) is 16.5. The van der Waals surface area contributed by atoms with E-state index in [9.17, 15) is 4.79 Å². The SMILES string of the molecule is CCCNc1cccc(C(=O)NC(C)Cc2ccco2)n1. The number of aromatic nitrogens is 1. The third-order valence-corrected chi connectivity index (χ3v) is 3.00. The van der Waals surface area contributed by atoms with Gasteiger partial charge in [0.05, 0.1) is 6.26 Å². The molecule has 2 heterocycles. The zero-order valence-electron chi connectivity index (χ0n) is 12.4. The van der Waals surface area contributed by atoms with Gasteiger partial charge in [0.1, 0.15) is 17.3 Å². The lowest BCUT2D eigenvalue weighted by Gasteiger charge is -2.12. The maximum atomic E-state index is 12.2. The highest BCUT2D eigenvalue weighted by Gasteiger charge is 2.12. The summed E-state index contributed by atoms with van der Waals surface area (Å²) in [5, 5.41) is 6.10. The lowest BCUT2D eigenvalue weighted by Crippen LogP contribution is -2.34. The molecule has 112 valence electrons. The Morgan fingerprint density at radius 2 is 2.19 bits per heavy atom. The van der Waals surface area contributed by atoms with Crippen molar-refractivity contribution in [2.75, 3.05) is 11.9 Å². The molecule has 21 heavy (non-hydrogen) atoms. The second kappa shape index (κ2) is 7.47. The number of rotatable bonds is 7. The van der Waals surface area contributed by atoms with Crippen molar-refractivity contribution >= 4 is 11.7 Å². The van der Waals surface area contributed by atoms with Crippen molar-refractivity contribution in [3.8, 4) is 0 Å².